The van der Waals surface area contributed by atoms with E-state index >= 15 is 0 Å². The van der Waals surface area contributed by atoms with Crippen molar-refractivity contribution in [2.75, 3.05) is 13.1 Å². The van der Waals surface area contributed by atoms with Crippen LogP contribution in [0.4, 0.5) is 9.59 Å². The summed E-state index contributed by atoms with van der Waals surface area (Å²) in [6, 6.07) is 15.1. The van der Waals surface area contributed by atoms with E-state index in [1.54, 1.807) is 0 Å². The molecule has 216 valence electrons. The Morgan fingerprint density at radius 2 is 0.950 bits per heavy atom. The summed E-state index contributed by atoms with van der Waals surface area (Å²) < 4.78 is 11.3. The van der Waals surface area contributed by atoms with Crippen molar-refractivity contribution in [3.05, 3.63) is 70.8 Å². The van der Waals surface area contributed by atoms with Crippen molar-refractivity contribution in [2.24, 2.45) is 0 Å². The predicted octanol–water partition coefficient (Wildman–Crippen LogP) is 7.84. The molecule has 2 amide bonds. The number of rotatable bonds is 4. The second-order valence-corrected chi connectivity index (χ2v) is 12.9. The Balaban J connectivity index is 1.46. The van der Waals surface area contributed by atoms with Gasteiger partial charge in [0.15, 0.2) is 5.78 Å². The summed E-state index contributed by atoms with van der Waals surface area (Å²) in [6.07, 6.45) is 5.16. The molecule has 2 saturated heterocycles. The monoisotopic (exact) mass is 548 g/mol. The Bertz CT molecular complexity index is 1100. The van der Waals surface area contributed by atoms with Crippen LogP contribution in [-0.4, -0.2) is 52.1 Å². The SMILES string of the molecule is CC(C)(C)OC(=O)N1CCCC[C@H]1c1ccc(C(=O)c2ccc([C@@H]3CCCCN3C(=O)OC(C)(C)C)cc2)cc1. The van der Waals surface area contributed by atoms with Crippen molar-refractivity contribution in [1.29, 1.82) is 0 Å². The van der Waals surface area contributed by atoms with Crippen LogP contribution >= 0.6 is 0 Å². The van der Waals surface area contributed by atoms with Gasteiger partial charge < -0.3 is 19.3 Å². The fourth-order valence-corrected chi connectivity index (χ4v) is 5.51. The Kier molecular flexibility index (Phi) is 8.91. The number of carbonyl (C=O) groups is 3. The van der Waals surface area contributed by atoms with Gasteiger partial charge in [-0.2, -0.15) is 0 Å². The second kappa shape index (κ2) is 12.0. The zero-order valence-electron chi connectivity index (χ0n) is 24.9. The molecule has 0 N–H and O–H groups in total. The van der Waals surface area contributed by atoms with Crippen molar-refractivity contribution >= 4 is 18.0 Å². The molecule has 7 nitrogen and oxygen atoms in total. The van der Waals surface area contributed by atoms with Crippen molar-refractivity contribution in [3.63, 3.8) is 0 Å². The van der Waals surface area contributed by atoms with Gasteiger partial charge in [0.25, 0.3) is 0 Å². The van der Waals surface area contributed by atoms with Gasteiger partial charge in [-0.15, -0.1) is 0 Å². The fourth-order valence-electron chi connectivity index (χ4n) is 5.51. The average Bonchev–Trinajstić information content (AvgIpc) is 2.91. The first kappa shape index (κ1) is 29.6. The van der Waals surface area contributed by atoms with E-state index in [0.29, 0.717) is 24.2 Å². The van der Waals surface area contributed by atoms with Gasteiger partial charge in [-0.05, 0) is 91.2 Å². The highest BCUT2D eigenvalue weighted by Crippen LogP contribution is 2.34. The Hall–Kier alpha value is -3.35. The van der Waals surface area contributed by atoms with Crippen molar-refractivity contribution < 1.29 is 23.9 Å². The van der Waals surface area contributed by atoms with Gasteiger partial charge in [-0.3, -0.25) is 4.79 Å². The summed E-state index contributed by atoms with van der Waals surface area (Å²) in [5.74, 6) is -0.0571. The number of carbonyl (C=O) groups excluding carboxylic acids is 3. The molecule has 0 unspecified atom stereocenters. The van der Waals surface area contributed by atoms with E-state index in [-0.39, 0.29) is 30.1 Å². The van der Waals surface area contributed by atoms with Crippen LogP contribution in [0.2, 0.25) is 0 Å². The summed E-state index contributed by atoms with van der Waals surface area (Å²) in [4.78, 5) is 42.6. The molecule has 0 aromatic heterocycles. The van der Waals surface area contributed by atoms with E-state index in [4.69, 9.17) is 9.47 Å². The number of benzene rings is 2. The molecule has 4 rings (SSSR count). The Morgan fingerprint density at radius 3 is 1.27 bits per heavy atom. The van der Waals surface area contributed by atoms with E-state index in [0.717, 1.165) is 49.7 Å². The van der Waals surface area contributed by atoms with Gasteiger partial charge in [0.2, 0.25) is 0 Å². The van der Waals surface area contributed by atoms with Crippen molar-refractivity contribution in [3.8, 4) is 0 Å². The lowest BCUT2D eigenvalue weighted by Gasteiger charge is -2.37. The highest BCUT2D eigenvalue weighted by atomic mass is 16.6. The first-order chi connectivity index (χ1) is 18.8. The van der Waals surface area contributed by atoms with Gasteiger partial charge in [0.05, 0.1) is 12.1 Å². The van der Waals surface area contributed by atoms with Crippen molar-refractivity contribution in [1.82, 2.24) is 9.80 Å². The van der Waals surface area contributed by atoms with Crippen LogP contribution in [0.1, 0.15) is 119 Å². The van der Waals surface area contributed by atoms with Gasteiger partial charge in [0.1, 0.15) is 11.2 Å². The van der Waals surface area contributed by atoms with Crippen LogP contribution < -0.4 is 0 Å². The molecule has 0 spiro atoms. The van der Waals surface area contributed by atoms with Gasteiger partial charge in [0, 0.05) is 24.2 Å². The quantitative estimate of drug-likeness (QED) is 0.364. The molecule has 0 saturated carbocycles. The van der Waals surface area contributed by atoms with Crippen LogP contribution in [0.3, 0.4) is 0 Å². The highest BCUT2D eigenvalue weighted by molar-refractivity contribution is 6.09. The molecular formula is C33H44N2O5. The minimum Gasteiger partial charge on any atom is -0.444 e. The third-order valence-corrected chi connectivity index (χ3v) is 7.38. The first-order valence-electron chi connectivity index (χ1n) is 14.6. The predicted molar refractivity (Wildman–Crippen MR) is 155 cm³/mol. The van der Waals surface area contributed by atoms with E-state index in [2.05, 4.69) is 0 Å². The summed E-state index contributed by atoms with van der Waals surface area (Å²) in [7, 11) is 0. The summed E-state index contributed by atoms with van der Waals surface area (Å²) in [5, 5.41) is 0. The number of ether oxygens (including phenoxy) is 2. The number of ketones is 1. The van der Waals surface area contributed by atoms with E-state index in [1.165, 1.54) is 0 Å². The number of likely N-dealkylation sites (tertiary alicyclic amines) is 2. The Labute approximate surface area is 238 Å². The highest BCUT2D eigenvalue weighted by Gasteiger charge is 2.33. The third kappa shape index (κ3) is 7.43. The lowest BCUT2D eigenvalue weighted by atomic mass is 9.92. The second-order valence-electron chi connectivity index (χ2n) is 12.9. The minimum atomic E-state index is -0.546. The number of piperidine rings is 2. The topological polar surface area (TPSA) is 76.2 Å². The molecule has 7 heteroatoms. The fraction of sp³-hybridized carbons (Fsp3) is 0.545. The molecule has 0 radical (unpaired) electrons. The van der Waals surface area contributed by atoms with Gasteiger partial charge in [-0.1, -0.05) is 48.5 Å². The number of nitrogens with zero attached hydrogens (tertiary/aromatic N) is 2. The average molecular weight is 549 g/mol. The van der Waals surface area contributed by atoms with E-state index < -0.39 is 11.2 Å². The number of hydrogen-bond donors (Lipinski definition) is 0. The molecule has 2 aromatic carbocycles. The summed E-state index contributed by atoms with van der Waals surface area (Å²) >= 11 is 0. The molecule has 2 aliphatic rings. The maximum atomic E-state index is 13.3. The molecule has 2 heterocycles. The van der Waals surface area contributed by atoms with Gasteiger partial charge in [-0.25, -0.2) is 9.59 Å². The molecular weight excluding hydrogens is 504 g/mol. The van der Waals surface area contributed by atoms with Crippen LogP contribution in [0, 0.1) is 0 Å². The van der Waals surface area contributed by atoms with E-state index in [9.17, 15) is 14.4 Å². The maximum Gasteiger partial charge on any atom is 0.410 e. The third-order valence-electron chi connectivity index (χ3n) is 7.38. The maximum absolute atomic E-state index is 13.3. The molecule has 0 aliphatic carbocycles. The molecule has 2 atom stereocenters. The van der Waals surface area contributed by atoms with Crippen LogP contribution in [0.15, 0.2) is 48.5 Å². The summed E-state index contributed by atoms with van der Waals surface area (Å²) in [5.41, 5.74) is 2.13. The van der Waals surface area contributed by atoms with Crippen LogP contribution in [0.25, 0.3) is 0 Å². The first-order valence-corrected chi connectivity index (χ1v) is 14.6. The molecule has 2 aromatic rings. The normalized spacial score (nSPS) is 20.1. The van der Waals surface area contributed by atoms with Crippen LogP contribution in [0.5, 0.6) is 0 Å². The molecule has 40 heavy (non-hydrogen) atoms. The lowest BCUT2D eigenvalue weighted by molar-refractivity contribution is 0.00852. The minimum absolute atomic E-state index is 0.0571. The number of amides is 2. The van der Waals surface area contributed by atoms with Crippen molar-refractivity contribution in [2.45, 2.75) is 103 Å². The van der Waals surface area contributed by atoms with Gasteiger partial charge >= 0.3 is 12.2 Å². The summed E-state index contributed by atoms with van der Waals surface area (Å²) in [6.45, 7) is 12.6. The Morgan fingerprint density at radius 1 is 0.600 bits per heavy atom. The van der Waals surface area contributed by atoms with E-state index in [1.807, 2.05) is 99.9 Å². The largest absolute Gasteiger partial charge is 0.444 e. The number of hydrogen-bond acceptors (Lipinski definition) is 5. The smallest absolute Gasteiger partial charge is 0.410 e. The molecule has 2 fully saturated rings. The van der Waals surface area contributed by atoms with Crippen LogP contribution in [-0.2, 0) is 9.47 Å². The molecule has 0 bridgehead atoms. The standard InChI is InChI=1S/C33H44N2O5/c1-32(2,3)39-30(37)34-21-9-7-11-27(34)23-13-17-25(18-14-23)29(36)26-19-15-24(16-20-26)28-12-8-10-22-35(28)31(38)40-33(4,5)6/h13-20,27-28H,7-12,21-22H2,1-6H3/t27-,28-/m0/s1. The zero-order valence-corrected chi connectivity index (χ0v) is 24.9. The molecule has 2 aliphatic heterocycles. The zero-order chi connectivity index (χ0) is 29.1. The lowest BCUT2D eigenvalue weighted by Crippen LogP contribution is -2.41.